The van der Waals surface area contributed by atoms with E-state index in [0.29, 0.717) is 18.6 Å². The van der Waals surface area contributed by atoms with E-state index in [9.17, 15) is 0 Å². The van der Waals surface area contributed by atoms with Gasteiger partial charge >= 0.3 is 0 Å². The molecular weight excluding hydrogens is 210 g/mol. The van der Waals surface area contributed by atoms with Crippen molar-refractivity contribution in [3.05, 3.63) is 48.2 Å². The zero-order valence-electron chi connectivity index (χ0n) is 10.7. The Morgan fingerprint density at radius 3 is 2.47 bits per heavy atom. The highest BCUT2D eigenvalue weighted by Crippen LogP contribution is 2.27. The van der Waals surface area contributed by atoms with Gasteiger partial charge in [-0.3, -0.25) is 0 Å². The van der Waals surface area contributed by atoms with Crippen molar-refractivity contribution in [2.24, 2.45) is 5.92 Å². The van der Waals surface area contributed by atoms with Crippen molar-refractivity contribution < 1.29 is 4.74 Å². The molecule has 1 aliphatic heterocycles. The number of hydrogen-bond acceptors (Lipinski definition) is 2. The molecule has 1 aliphatic rings. The molecule has 1 atom stereocenters. The first-order valence-corrected chi connectivity index (χ1v) is 6.24. The van der Waals surface area contributed by atoms with Crippen molar-refractivity contribution in [3.63, 3.8) is 0 Å². The second-order valence-electron chi connectivity index (χ2n) is 5.01. The topological polar surface area (TPSA) is 12.2 Å². The summed E-state index contributed by atoms with van der Waals surface area (Å²) in [7, 11) is 0. The second-order valence-corrected chi connectivity index (χ2v) is 5.01. The Morgan fingerprint density at radius 1 is 1.29 bits per heavy atom. The summed E-state index contributed by atoms with van der Waals surface area (Å²) in [5.74, 6) is 0.602. The number of rotatable bonds is 6. The molecule has 2 nitrogen and oxygen atoms in total. The van der Waals surface area contributed by atoms with Gasteiger partial charge in [0.05, 0.1) is 25.8 Å². The zero-order valence-corrected chi connectivity index (χ0v) is 10.7. The molecule has 0 unspecified atom stereocenters. The molecule has 2 rings (SSSR count). The number of ether oxygens (including phenoxy) is 1. The van der Waals surface area contributed by atoms with Crippen LogP contribution in [0.4, 0.5) is 0 Å². The highest BCUT2D eigenvalue weighted by molar-refractivity contribution is 5.16. The normalized spacial score (nSPS) is 16.4. The van der Waals surface area contributed by atoms with Crippen molar-refractivity contribution in [3.8, 4) is 0 Å². The average molecular weight is 231 g/mol. The lowest BCUT2D eigenvalue weighted by atomic mass is 10.1. The summed E-state index contributed by atoms with van der Waals surface area (Å²) in [6.07, 6.45) is 0. The third-order valence-corrected chi connectivity index (χ3v) is 3.23. The molecule has 0 spiro atoms. The largest absolute Gasteiger partial charge is 0.375 e. The Hall–Kier alpha value is -1.28. The SMILES string of the molecule is C=C1CN1[C@H](COCc1ccccc1)C(C)C. The van der Waals surface area contributed by atoms with Gasteiger partial charge in [-0.05, 0) is 11.5 Å². The summed E-state index contributed by atoms with van der Waals surface area (Å²) in [5.41, 5.74) is 2.48. The molecule has 0 aliphatic carbocycles. The summed E-state index contributed by atoms with van der Waals surface area (Å²) in [5, 5.41) is 0. The van der Waals surface area contributed by atoms with Gasteiger partial charge in [-0.2, -0.15) is 0 Å². The van der Waals surface area contributed by atoms with Crippen LogP contribution in [0.15, 0.2) is 42.6 Å². The van der Waals surface area contributed by atoms with Gasteiger partial charge < -0.3 is 9.64 Å². The van der Waals surface area contributed by atoms with Gasteiger partial charge in [-0.15, -0.1) is 0 Å². The van der Waals surface area contributed by atoms with Crippen LogP contribution in [0, 0.1) is 5.92 Å². The Bertz CT molecular complexity index is 372. The lowest BCUT2D eigenvalue weighted by molar-refractivity contribution is 0.0701. The summed E-state index contributed by atoms with van der Waals surface area (Å²) >= 11 is 0. The fourth-order valence-corrected chi connectivity index (χ4v) is 2.03. The van der Waals surface area contributed by atoms with E-state index in [1.165, 1.54) is 11.3 Å². The number of benzene rings is 1. The van der Waals surface area contributed by atoms with Gasteiger partial charge in [0.1, 0.15) is 0 Å². The molecule has 0 saturated carbocycles. The van der Waals surface area contributed by atoms with Crippen molar-refractivity contribution in [2.45, 2.75) is 26.5 Å². The lowest BCUT2D eigenvalue weighted by Crippen LogP contribution is -2.30. The van der Waals surface area contributed by atoms with Gasteiger partial charge in [-0.1, -0.05) is 50.8 Å². The van der Waals surface area contributed by atoms with E-state index in [4.69, 9.17) is 4.74 Å². The van der Waals surface area contributed by atoms with Crippen molar-refractivity contribution in [2.75, 3.05) is 13.2 Å². The Kier molecular flexibility index (Phi) is 3.85. The van der Waals surface area contributed by atoms with Crippen LogP contribution < -0.4 is 0 Å². The molecule has 1 heterocycles. The van der Waals surface area contributed by atoms with Crippen LogP contribution in [0.5, 0.6) is 0 Å². The molecule has 0 amide bonds. The van der Waals surface area contributed by atoms with E-state index in [1.807, 2.05) is 18.2 Å². The maximum absolute atomic E-state index is 5.81. The third kappa shape index (κ3) is 3.34. The Balaban J connectivity index is 1.78. The first-order chi connectivity index (χ1) is 8.18. The molecule has 1 aromatic carbocycles. The van der Waals surface area contributed by atoms with Crippen LogP contribution in [-0.2, 0) is 11.3 Å². The first-order valence-electron chi connectivity index (χ1n) is 6.24. The van der Waals surface area contributed by atoms with Gasteiger partial charge in [0.15, 0.2) is 0 Å². The Morgan fingerprint density at radius 2 is 1.94 bits per heavy atom. The molecule has 1 fully saturated rings. The molecule has 1 saturated heterocycles. The van der Waals surface area contributed by atoms with Gasteiger partial charge in [0, 0.05) is 5.70 Å². The number of nitrogens with zero attached hydrogens (tertiary/aromatic N) is 1. The van der Waals surface area contributed by atoms with Crippen LogP contribution in [0.3, 0.4) is 0 Å². The van der Waals surface area contributed by atoms with Crippen molar-refractivity contribution >= 4 is 0 Å². The van der Waals surface area contributed by atoms with Crippen LogP contribution in [0.1, 0.15) is 19.4 Å². The summed E-state index contributed by atoms with van der Waals surface area (Å²) in [6, 6.07) is 10.8. The third-order valence-electron chi connectivity index (χ3n) is 3.23. The fourth-order valence-electron chi connectivity index (χ4n) is 2.03. The zero-order chi connectivity index (χ0) is 12.3. The van der Waals surface area contributed by atoms with E-state index in [-0.39, 0.29) is 0 Å². The van der Waals surface area contributed by atoms with E-state index < -0.39 is 0 Å². The molecule has 17 heavy (non-hydrogen) atoms. The molecule has 0 radical (unpaired) electrons. The minimum absolute atomic E-state index is 0.478. The van der Waals surface area contributed by atoms with Crippen molar-refractivity contribution in [1.29, 1.82) is 0 Å². The smallest absolute Gasteiger partial charge is 0.0717 e. The van der Waals surface area contributed by atoms with E-state index in [0.717, 1.165) is 13.2 Å². The van der Waals surface area contributed by atoms with Crippen LogP contribution in [0.2, 0.25) is 0 Å². The minimum atomic E-state index is 0.478. The highest BCUT2D eigenvalue weighted by Gasteiger charge is 2.32. The summed E-state index contributed by atoms with van der Waals surface area (Å²) < 4.78 is 5.81. The Labute approximate surface area is 104 Å². The fraction of sp³-hybridized carbons (Fsp3) is 0.467. The standard InChI is InChI=1S/C15H21NO/c1-12(2)15(16-9-13(16)3)11-17-10-14-7-5-4-6-8-14/h4-8,12,15H,3,9-11H2,1-2H3/t15-,16?/m1/s1. The average Bonchev–Trinajstić information content (AvgIpc) is 3.02. The molecule has 92 valence electrons. The maximum atomic E-state index is 5.81. The number of hydrogen-bond donors (Lipinski definition) is 0. The summed E-state index contributed by atoms with van der Waals surface area (Å²) in [6.45, 7) is 11.0. The monoisotopic (exact) mass is 231 g/mol. The molecule has 0 aromatic heterocycles. The van der Waals surface area contributed by atoms with Crippen LogP contribution in [0.25, 0.3) is 0 Å². The predicted octanol–water partition coefficient (Wildman–Crippen LogP) is 3.06. The maximum Gasteiger partial charge on any atom is 0.0717 e. The van der Waals surface area contributed by atoms with Gasteiger partial charge in [0.2, 0.25) is 0 Å². The second kappa shape index (κ2) is 5.37. The van der Waals surface area contributed by atoms with Crippen LogP contribution in [-0.4, -0.2) is 24.1 Å². The summed E-state index contributed by atoms with van der Waals surface area (Å²) in [4.78, 5) is 2.33. The molecule has 0 N–H and O–H groups in total. The minimum Gasteiger partial charge on any atom is -0.375 e. The van der Waals surface area contributed by atoms with Gasteiger partial charge in [-0.25, -0.2) is 0 Å². The molecular formula is C15H21NO. The molecule has 0 bridgehead atoms. The van der Waals surface area contributed by atoms with E-state index >= 15 is 0 Å². The van der Waals surface area contributed by atoms with Crippen molar-refractivity contribution in [1.82, 2.24) is 4.90 Å². The van der Waals surface area contributed by atoms with E-state index in [1.54, 1.807) is 0 Å². The lowest BCUT2D eigenvalue weighted by Gasteiger charge is -2.22. The predicted molar refractivity (Wildman–Crippen MR) is 70.6 cm³/mol. The molecule has 2 heteroatoms. The first kappa shape index (κ1) is 12.2. The van der Waals surface area contributed by atoms with Crippen LogP contribution >= 0.6 is 0 Å². The van der Waals surface area contributed by atoms with Gasteiger partial charge in [0.25, 0.3) is 0 Å². The highest BCUT2D eigenvalue weighted by atomic mass is 16.5. The molecule has 1 aromatic rings. The van der Waals surface area contributed by atoms with E-state index in [2.05, 4.69) is 37.5 Å². The quantitative estimate of drug-likeness (QED) is 0.698.